The third-order valence-electron chi connectivity index (χ3n) is 3.02. The molecule has 1 N–H and O–H groups in total. The van der Waals surface area contributed by atoms with Crippen LogP contribution in [-0.2, 0) is 0 Å². The highest BCUT2D eigenvalue weighted by atomic mass is 35.5. The zero-order valence-electron chi connectivity index (χ0n) is 13.1. The largest absolute Gasteiger partial charge is 0.493 e. The molecule has 0 saturated heterocycles. The van der Waals surface area contributed by atoms with E-state index in [1.807, 2.05) is 49.4 Å². The predicted molar refractivity (Wildman–Crippen MR) is 94.2 cm³/mol. The summed E-state index contributed by atoms with van der Waals surface area (Å²) in [7, 11) is 0. The van der Waals surface area contributed by atoms with Gasteiger partial charge in [0.05, 0.1) is 18.5 Å². The number of hydrogen-bond acceptors (Lipinski definition) is 3. The molecular weight excluding hydrogens is 296 g/mol. The number of nitrogens with zero attached hydrogens (tertiary/aromatic N) is 1. The maximum absolute atomic E-state index is 6.08. The number of halogens is 1. The van der Waals surface area contributed by atoms with Crippen molar-refractivity contribution in [1.82, 2.24) is 0 Å². The minimum Gasteiger partial charge on any atom is -0.493 e. The van der Waals surface area contributed by atoms with Gasteiger partial charge in [0.25, 0.3) is 0 Å². The van der Waals surface area contributed by atoms with Gasteiger partial charge in [0.2, 0.25) is 0 Å². The number of anilines is 1. The van der Waals surface area contributed by atoms with Gasteiger partial charge >= 0.3 is 0 Å². The number of rotatable bonds is 6. The van der Waals surface area contributed by atoms with Crippen molar-refractivity contribution in [3.05, 3.63) is 58.6 Å². The Morgan fingerprint density at radius 3 is 2.77 bits per heavy atom. The number of aryl methyl sites for hydroxylation is 1. The molecule has 0 aliphatic heterocycles. The molecule has 0 aliphatic rings. The van der Waals surface area contributed by atoms with E-state index in [9.17, 15) is 0 Å². The van der Waals surface area contributed by atoms with E-state index in [0.29, 0.717) is 12.5 Å². The van der Waals surface area contributed by atoms with E-state index in [1.54, 1.807) is 6.21 Å². The SMILES string of the molecule is Cc1ccc(N/N=C/c2cccc(OCC(C)C)c2)cc1Cl. The molecule has 0 heterocycles. The molecule has 0 atom stereocenters. The van der Waals surface area contributed by atoms with Crippen LogP contribution < -0.4 is 10.2 Å². The molecule has 2 aromatic rings. The van der Waals surface area contributed by atoms with Crippen LogP contribution in [-0.4, -0.2) is 12.8 Å². The van der Waals surface area contributed by atoms with E-state index in [4.69, 9.17) is 16.3 Å². The number of hydrogen-bond donors (Lipinski definition) is 1. The van der Waals surface area contributed by atoms with Crippen LogP contribution in [0.5, 0.6) is 5.75 Å². The Hall–Kier alpha value is -2.00. The summed E-state index contributed by atoms with van der Waals surface area (Å²) in [5, 5.41) is 4.96. The first-order valence-corrected chi connectivity index (χ1v) is 7.70. The molecule has 0 spiro atoms. The maximum Gasteiger partial charge on any atom is 0.119 e. The van der Waals surface area contributed by atoms with Crippen LogP contribution in [0.3, 0.4) is 0 Å². The Balaban J connectivity index is 1.97. The number of nitrogens with one attached hydrogen (secondary N) is 1. The van der Waals surface area contributed by atoms with Crippen molar-refractivity contribution < 1.29 is 4.74 Å². The van der Waals surface area contributed by atoms with Crippen LogP contribution in [0.2, 0.25) is 5.02 Å². The lowest BCUT2D eigenvalue weighted by molar-refractivity contribution is 0.271. The smallest absolute Gasteiger partial charge is 0.119 e. The van der Waals surface area contributed by atoms with Gasteiger partial charge in [-0.25, -0.2) is 0 Å². The molecule has 0 aliphatic carbocycles. The average Bonchev–Trinajstić information content (AvgIpc) is 2.49. The summed E-state index contributed by atoms with van der Waals surface area (Å²) in [5.74, 6) is 1.36. The summed E-state index contributed by atoms with van der Waals surface area (Å²) in [4.78, 5) is 0. The Morgan fingerprint density at radius 1 is 1.23 bits per heavy atom. The quantitative estimate of drug-likeness (QED) is 0.592. The second-order valence-corrected chi connectivity index (χ2v) is 6.02. The van der Waals surface area contributed by atoms with Gasteiger partial charge in [-0.15, -0.1) is 0 Å². The number of benzene rings is 2. The van der Waals surface area contributed by atoms with E-state index in [1.165, 1.54) is 0 Å². The lowest BCUT2D eigenvalue weighted by atomic mass is 10.2. The molecule has 0 fully saturated rings. The fraction of sp³-hybridized carbons (Fsp3) is 0.278. The van der Waals surface area contributed by atoms with Crippen LogP contribution in [0.25, 0.3) is 0 Å². The molecular formula is C18H21ClN2O. The van der Waals surface area contributed by atoms with Gasteiger partial charge < -0.3 is 4.74 Å². The van der Waals surface area contributed by atoms with E-state index < -0.39 is 0 Å². The Labute approximate surface area is 137 Å². The van der Waals surface area contributed by atoms with Gasteiger partial charge in [-0.1, -0.05) is 43.6 Å². The van der Waals surface area contributed by atoms with Crippen molar-refractivity contribution in [2.45, 2.75) is 20.8 Å². The Bertz CT molecular complexity index is 653. The Kier molecular flexibility index (Phi) is 5.84. The second kappa shape index (κ2) is 7.85. The zero-order valence-corrected chi connectivity index (χ0v) is 13.9. The van der Waals surface area contributed by atoms with Crippen molar-refractivity contribution in [2.75, 3.05) is 12.0 Å². The number of hydrazone groups is 1. The van der Waals surface area contributed by atoms with Crippen molar-refractivity contribution >= 4 is 23.5 Å². The van der Waals surface area contributed by atoms with Crippen molar-refractivity contribution in [3.8, 4) is 5.75 Å². The standard InChI is InChI=1S/C18H21ClN2O/c1-13(2)12-22-17-6-4-5-15(9-17)11-20-21-16-8-7-14(3)18(19)10-16/h4-11,13,21H,12H2,1-3H3/b20-11+. The summed E-state index contributed by atoms with van der Waals surface area (Å²) < 4.78 is 5.70. The van der Waals surface area contributed by atoms with Crippen molar-refractivity contribution in [3.63, 3.8) is 0 Å². The molecule has 3 nitrogen and oxygen atoms in total. The molecule has 0 amide bonds. The minimum atomic E-state index is 0.505. The fourth-order valence-electron chi connectivity index (χ4n) is 1.79. The third-order valence-corrected chi connectivity index (χ3v) is 3.43. The highest BCUT2D eigenvalue weighted by molar-refractivity contribution is 6.31. The summed E-state index contributed by atoms with van der Waals surface area (Å²) in [6, 6.07) is 13.6. The van der Waals surface area contributed by atoms with Gasteiger partial charge in [0.15, 0.2) is 0 Å². The lowest BCUT2D eigenvalue weighted by Crippen LogP contribution is -2.04. The van der Waals surface area contributed by atoms with Gasteiger partial charge in [0, 0.05) is 5.02 Å². The molecule has 4 heteroatoms. The van der Waals surface area contributed by atoms with Crippen molar-refractivity contribution in [2.24, 2.45) is 11.0 Å². The van der Waals surface area contributed by atoms with Gasteiger partial charge in [-0.2, -0.15) is 5.10 Å². The van der Waals surface area contributed by atoms with Crippen LogP contribution in [0.15, 0.2) is 47.6 Å². The molecule has 22 heavy (non-hydrogen) atoms. The fourth-order valence-corrected chi connectivity index (χ4v) is 1.97. The van der Waals surface area contributed by atoms with Crippen LogP contribution in [0.1, 0.15) is 25.0 Å². The molecule has 0 saturated carbocycles. The van der Waals surface area contributed by atoms with Crippen molar-refractivity contribution in [1.29, 1.82) is 0 Å². The molecule has 2 aromatic carbocycles. The third kappa shape index (κ3) is 5.08. The van der Waals surface area contributed by atoms with E-state index in [0.717, 1.165) is 27.6 Å². The summed E-state index contributed by atoms with van der Waals surface area (Å²) in [6.45, 7) is 6.93. The van der Waals surface area contributed by atoms with E-state index in [2.05, 4.69) is 24.4 Å². The summed E-state index contributed by atoms with van der Waals surface area (Å²) in [5.41, 5.74) is 5.86. The average molecular weight is 317 g/mol. The minimum absolute atomic E-state index is 0.505. The highest BCUT2D eigenvalue weighted by Crippen LogP contribution is 2.20. The predicted octanol–water partition coefficient (Wildman–Crippen LogP) is 5.13. The Morgan fingerprint density at radius 2 is 2.05 bits per heavy atom. The monoisotopic (exact) mass is 316 g/mol. The lowest BCUT2D eigenvalue weighted by Gasteiger charge is -2.08. The molecule has 0 unspecified atom stereocenters. The summed E-state index contributed by atoms with van der Waals surface area (Å²) in [6.07, 6.45) is 1.76. The maximum atomic E-state index is 6.08. The molecule has 0 radical (unpaired) electrons. The van der Waals surface area contributed by atoms with Gasteiger partial charge in [0.1, 0.15) is 5.75 Å². The van der Waals surface area contributed by atoms with Gasteiger partial charge in [-0.3, -0.25) is 5.43 Å². The molecule has 0 bridgehead atoms. The highest BCUT2D eigenvalue weighted by Gasteiger charge is 1.98. The molecule has 116 valence electrons. The molecule has 2 rings (SSSR count). The second-order valence-electron chi connectivity index (χ2n) is 5.61. The van der Waals surface area contributed by atoms with Crippen LogP contribution in [0, 0.1) is 12.8 Å². The number of ether oxygens (including phenoxy) is 1. The van der Waals surface area contributed by atoms with E-state index >= 15 is 0 Å². The van der Waals surface area contributed by atoms with Crippen LogP contribution in [0.4, 0.5) is 5.69 Å². The van der Waals surface area contributed by atoms with Crippen LogP contribution >= 0.6 is 11.6 Å². The topological polar surface area (TPSA) is 33.6 Å². The summed E-state index contributed by atoms with van der Waals surface area (Å²) >= 11 is 6.08. The first-order valence-electron chi connectivity index (χ1n) is 7.32. The van der Waals surface area contributed by atoms with Gasteiger partial charge in [-0.05, 0) is 48.2 Å². The first-order chi connectivity index (χ1) is 10.5. The first kappa shape index (κ1) is 16.4. The normalized spacial score (nSPS) is 11.1. The zero-order chi connectivity index (χ0) is 15.9. The van der Waals surface area contributed by atoms with E-state index in [-0.39, 0.29) is 0 Å². The molecule has 0 aromatic heterocycles.